The number of nitrogens with zero attached hydrogens (tertiary/aromatic N) is 3. The lowest BCUT2D eigenvalue weighted by molar-refractivity contribution is 0.0710. The van der Waals surface area contributed by atoms with Gasteiger partial charge in [-0.05, 0) is 42.5 Å². The third-order valence-corrected chi connectivity index (χ3v) is 6.02. The van der Waals surface area contributed by atoms with Crippen LogP contribution in [-0.2, 0) is 5.54 Å². The summed E-state index contributed by atoms with van der Waals surface area (Å²) in [5.74, 6) is -1.11. The number of aliphatic hydroxyl groups excluding tert-OH is 1. The van der Waals surface area contributed by atoms with Gasteiger partial charge in [0, 0.05) is 38.3 Å². The normalized spacial score (nSPS) is 22.3. The highest BCUT2D eigenvalue weighted by molar-refractivity contribution is 5.83. The van der Waals surface area contributed by atoms with Crippen LogP contribution in [0, 0.1) is 11.6 Å². The molecule has 0 spiro atoms. The Kier molecular flexibility index (Phi) is 5.58. The van der Waals surface area contributed by atoms with E-state index in [1.807, 2.05) is 37.4 Å². The third-order valence-electron chi connectivity index (χ3n) is 6.02. The van der Waals surface area contributed by atoms with E-state index >= 15 is 0 Å². The summed E-state index contributed by atoms with van der Waals surface area (Å²) in [6, 6.07) is 12.3. The van der Waals surface area contributed by atoms with Gasteiger partial charge in [-0.2, -0.15) is 0 Å². The van der Waals surface area contributed by atoms with E-state index in [0.717, 1.165) is 36.9 Å². The van der Waals surface area contributed by atoms with Gasteiger partial charge in [0.15, 0.2) is 0 Å². The summed E-state index contributed by atoms with van der Waals surface area (Å²) in [6.07, 6.45) is 1.70. The first kappa shape index (κ1) is 20.5. The summed E-state index contributed by atoms with van der Waals surface area (Å²) in [6.45, 7) is 2.39. The highest BCUT2D eigenvalue weighted by atomic mass is 19.1. The number of hydrogen-bond acceptors (Lipinski definition) is 3. The molecule has 2 aromatic carbocycles. The second-order valence-corrected chi connectivity index (χ2v) is 7.90. The molecule has 4 rings (SSSR count). The van der Waals surface area contributed by atoms with E-state index in [-0.39, 0.29) is 24.7 Å². The Labute approximate surface area is 174 Å². The van der Waals surface area contributed by atoms with Crippen molar-refractivity contribution in [2.24, 2.45) is 0 Å². The van der Waals surface area contributed by atoms with Gasteiger partial charge in [0.05, 0.1) is 6.61 Å². The van der Waals surface area contributed by atoms with Gasteiger partial charge < -0.3 is 19.8 Å². The van der Waals surface area contributed by atoms with Crippen LogP contribution in [0.15, 0.2) is 54.6 Å². The summed E-state index contributed by atoms with van der Waals surface area (Å²) in [5.41, 5.74) is 0.169. The van der Waals surface area contributed by atoms with Crippen LogP contribution in [0.4, 0.5) is 13.6 Å². The van der Waals surface area contributed by atoms with Gasteiger partial charge in [-0.1, -0.05) is 30.3 Å². The Morgan fingerprint density at radius 1 is 1.07 bits per heavy atom. The Morgan fingerprint density at radius 2 is 1.77 bits per heavy atom. The molecule has 5 nitrogen and oxygen atoms in total. The Balaban J connectivity index is 1.77. The molecule has 1 atom stereocenters. The number of aliphatic hydroxyl groups is 1. The number of amides is 2. The fourth-order valence-corrected chi connectivity index (χ4v) is 4.22. The molecule has 2 amide bonds. The minimum Gasteiger partial charge on any atom is -0.393 e. The first-order valence-electron chi connectivity index (χ1n) is 10.0. The maximum atomic E-state index is 14.5. The summed E-state index contributed by atoms with van der Waals surface area (Å²) >= 11 is 0. The van der Waals surface area contributed by atoms with Crippen LogP contribution in [0.5, 0.6) is 0 Å². The highest BCUT2D eigenvalue weighted by Crippen LogP contribution is 2.41. The van der Waals surface area contributed by atoms with Gasteiger partial charge in [-0.3, -0.25) is 0 Å². The number of halogens is 2. The third kappa shape index (κ3) is 3.59. The molecule has 2 aliphatic rings. The molecule has 7 heteroatoms. The van der Waals surface area contributed by atoms with Crippen molar-refractivity contribution in [3.63, 3.8) is 0 Å². The number of likely N-dealkylation sites (N-methyl/N-ethyl adjacent to an activating group) is 1. The van der Waals surface area contributed by atoms with Gasteiger partial charge >= 0.3 is 6.03 Å². The van der Waals surface area contributed by atoms with Gasteiger partial charge in [0.2, 0.25) is 0 Å². The number of piperazine rings is 1. The number of hydrogen-bond donors (Lipinski definition) is 1. The molecule has 30 heavy (non-hydrogen) atoms. The van der Waals surface area contributed by atoms with E-state index in [1.54, 1.807) is 15.9 Å². The molecule has 2 aliphatic heterocycles. The summed E-state index contributed by atoms with van der Waals surface area (Å²) in [7, 11) is 2.01. The van der Waals surface area contributed by atoms with Crippen LogP contribution in [0.1, 0.15) is 11.1 Å². The van der Waals surface area contributed by atoms with E-state index < -0.39 is 17.2 Å². The Bertz CT molecular complexity index is 958. The SMILES string of the molecule is CN1CCN(C(=O)N2CC(c3cc(F)ccc3F)=CC2(CO)c2ccccc2)CC1. The summed E-state index contributed by atoms with van der Waals surface area (Å²) in [4.78, 5) is 19.0. The highest BCUT2D eigenvalue weighted by Gasteiger charge is 2.46. The summed E-state index contributed by atoms with van der Waals surface area (Å²) in [5, 5.41) is 10.5. The molecule has 158 valence electrons. The first-order valence-corrected chi connectivity index (χ1v) is 10.0. The molecular weight excluding hydrogens is 388 g/mol. The van der Waals surface area contributed by atoms with Crippen molar-refractivity contribution in [3.8, 4) is 0 Å². The van der Waals surface area contributed by atoms with E-state index in [1.165, 1.54) is 0 Å². The molecule has 1 saturated heterocycles. The van der Waals surface area contributed by atoms with Crippen molar-refractivity contribution < 1.29 is 18.7 Å². The molecule has 0 saturated carbocycles. The largest absolute Gasteiger partial charge is 0.393 e. The maximum absolute atomic E-state index is 14.5. The fraction of sp³-hybridized carbons (Fsp3) is 0.348. The zero-order valence-electron chi connectivity index (χ0n) is 16.9. The zero-order valence-corrected chi connectivity index (χ0v) is 16.9. The van der Waals surface area contributed by atoms with Gasteiger partial charge in [0.25, 0.3) is 0 Å². The van der Waals surface area contributed by atoms with Crippen molar-refractivity contribution in [1.82, 2.24) is 14.7 Å². The molecule has 2 heterocycles. The van der Waals surface area contributed by atoms with Crippen LogP contribution >= 0.6 is 0 Å². The molecule has 1 fully saturated rings. The van der Waals surface area contributed by atoms with Crippen molar-refractivity contribution in [1.29, 1.82) is 0 Å². The number of carbonyl (C=O) groups is 1. The molecule has 2 aromatic rings. The van der Waals surface area contributed by atoms with Crippen LogP contribution in [-0.4, -0.2) is 72.2 Å². The molecule has 0 aromatic heterocycles. The summed E-state index contributed by atoms with van der Waals surface area (Å²) < 4.78 is 28.4. The van der Waals surface area contributed by atoms with Gasteiger partial charge in [0.1, 0.15) is 17.2 Å². The fourth-order valence-electron chi connectivity index (χ4n) is 4.22. The average molecular weight is 413 g/mol. The van der Waals surface area contributed by atoms with Gasteiger partial charge in [-0.25, -0.2) is 13.6 Å². The monoisotopic (exact) mass is 413 g/mol. The molecule has 0 radical (unpaired) electrons. The number of carbonyl (C=O) groups excluding carboxylic acids is 1. The van der Waals surface area contributed by atoms with Crippen LogP contribution in [0.2, 0.25) is 0 Å². The quantitative estimate of drug-likeness (QED) is 0.842. The van der Waals surface area contributed by atoms with E-state index in [9.17, 15) is 18.7 Å². The molecule has 1 N–H and O–H groups in total. The maximum Gasteiger partial charge on any atom is 0.321 e. The predicted octanol–water partition coefficient (Wildman–Crippen LogP) is 2.92. The lowest BCUT2D eigenvalue weighted by atomic mass is 9.89. The van der Waals surface area contributed by atoms with Crippen LogP contribution in [0.25, 0.3) is 5.57 Å². The standard InChI is InChI=1S/C23H25F2N3O2/c1-26-9-11-27(12-10-26)22(30)28-15-17(20-13-19(24)7-8-21(20)25)14-23(28,16-29)18-5-3-2-4-6-18/h2-8,13-14,29H,9-12,15-16H2,1H3. The van der Waals surface area contributed by atoms with Crippen molar-refractivity contribution in [2.75, 3.05) is 46.4 Å². The number of urea groups is 1. The number of benzene rings is 2. The smallest absolute Gasteiger partial charge is 0.321 e. The minimum absolute atomic E-state index is 0.0843. The minimum atomic E-state index is -1.14. The number of rotatable bonds is 3. The van der Waals surface area contributed by atoms with Crippen molar-refractivity contribution in [2.45, 2.75) is 5.54 Å². The molecule has 1 unspecified atom stereocenters. The topological polar surface area (TPSA) is 47.0 Å². The lowest BCUT2D eigenvalue weighted by Gasteiger charge is -2.42. The van der Waals surface area contributed by atoms with E-state index in [0.29, 0.717) is 18.7 Å². The van der Waals surface area contributed by atoms with Crippen molar-refractivity contribution >= 4 is 11.6 Å². The van der Waals surface area contributed by atoms with E-state index in [2.05, 4.69) is 4.90 Å². The second kappa shape index (κ2) is 8.16. The van der Waals surface area contributed by atoms with Crippen LogP contribution in [0.3, 0.4) is 0 Å². The second-order valence-electron chi connectivity index (χ2n) is 7.90. The Morgan fingerprint density at radius 3 is 2.43 bits per heavy atom. The zero-order chi connectivity index (χ0) is 21.3. The molecule has 0 bridgehead atoms. The van der Waals surface area contributed by atoms with Crippen LogP contribution < -0.4 is 0 Å². The molecular formula is C23H25F2N3O2. The van der Waals surface area contributed by atoms with E-state index in [4.69, 9.17) is 0 Å². The van der Waals surface area contributed by atoms with Gasteiger partial charge in [-0.15, -0.1) is 0 Å². The Hall–Kier alpha value is -2.77. The lowest BCUT2D eigenvalue weighted by Crippen LogP contribution is -2.57. The first-order chi connectivity index (χ1) is 14.4. The predicted molar refractivity (Wildman–Crippen MR) is 111 cm³/mol. The van der Waals surface area contributed by atoms with Crippen molar-refractivity contribution in [3.05, 3.63) is 77.4 Å². The molecule has 0 aliphatic carbocycles. The average Bonchev–Trinajstić information content (AvgIpc) is 3.17.